The molecule has 3 aliphatic carbocycles. The molecule has 1 heterocycles. The summed E-state index contributed by atoms with van der Waals surface area (Å²) >= 11 is 2.76. The number of benzene rings is 4. The van der Waals surface area contributed by atoms with Crippen LogP contribution in [0.1, 0.15) is 114 Å². The van der Waals surface area contributed by atoms with Crippen LogP contribution in [-0.4, -0.2) is 27.1 Å². The summed E-state index contributed by atoms with van der Waals surface area (Å²) in [6, 6.07) is 42.9. The van der Waals surface area contributed by atoms with E-state index in [1.54, 1.807) is 44.1 Å². The van der Waals surface area contributed by atoms with E-state index in [9.17, 15) is 0 Å². The van der Waals surface area contributed by atoms with Gasteiger partial charge in [-0.15, -0.1) is 0 Å². The van der Waals surface area contributed by atoms with Crippen molar-refractivity contribution in [2.24, 2.45) is 0 Å². The van der Waals surface area contributed by atoms with Gasteiger partial charge in [-0.05, 0) is 61.1 Å². The Morgan fingerprint density at radius 1 is 0.500 bits per heavy atom. The average Bonchev–Trinajstić information content (AvgIpc) is 3.56. The van der Waals surface area contributed by atoms with Crippen molar-refractivity contribution in [1.29, 1.82) is 0 Å². The van der Waals surface area contributed by atoms with Crippen molar-refractivity contribution in [3.05, 3.63) is 132 Å². The molecule has 1 unspecified atom stereocenters. The average molecular weight is 771 g/mol. The molecular formula is C45H56N3PRu. The van der Waals surface area contributed by atoms with E-state index in [1.807, 2.05) is 18.2 Å². The summed E-state index contributed by atoms with van der Waals surface area (Å²) in [5.41, 5.74) is 11.9. The Morgan fingerprint density at radius 3 is 1.36 bits per heavy atom. The van der Waals surface area contributed by atoms with Gasteiger partial charge < -0.3 is 0 Å². The third-order valence-electron chi connectivity index (χ3n) is 11.8. The summed E-state index contributed by atoms with van der Waals surface area (Å²) in [6.45, 7) is -1.07. The quantitative estimate of drug-likeness (QED) is 0.149. The van der Waals surface area contributed by atoms with Gasteiger partial charge in [0.25, 0.3) is 0 Å². The molecular weight excluding hydrogens is 715 g/mol. The van der Waals surface area contributed by atoms with Crippen LogP contribution in [0, 0.1) is 0 Å². The van der Waals surface area contributed by atoms with Gasteiger partial charge in [0.1, 0.15) is 0 Å². The van der Waals surface area contributed by atoms with Crippen LogP contribution in [0.5, 0.6) is 0 Å². The Kier molecular flexibility index (Phi) is 12.6. The van der Waals surface area contributed by atoms with E-state index in [0.29, 0.717) is 0 Å². The maximum atomic E-state index is 3.63. The molecule has 0 bridgehead atoms. The van der Waals surface area contributed by atoms with Crippen molar-refractivity contribution in [2.45, 2.75) is 119 Å². The second-order valence-electron chi connectivity index (χ2n) is 14.9. The van der Waals surface area contributed by atoms with Crippen LogP contribution in [-0.2, 0) is 17.9 Å². The van der Waals surface area contributed by atoms with Crippen LogP contribution in [0.2, 0.25) is 0 Å². The summed E-state index contributed by atoms with van der Waals surface area (Å²) in [7, 11) is 0. The molecule has 50 heavy (non-hydrogen) atoms. The summed E-state index contributed by atoms with van der Waals surface area (Å²) in [4.78, 5) is 2.30. The Balaban J connectivity index is 0.000000157. The molecule has 0 spiro atoms. The number of anilines is 2. The Bertz CT molecular complexity index is 1610. The van der Waals surface area contributed by atoms with Gasteiger partial charge >= 0.3 is 152 Å². The van der Waals surface area contributed by atoms with Crippen LogP contribution < -0.4 is 15.3 Å². The van der Waals surface area contributed by atoms with E-state index in [-0.39, 0.29) is 6.17 Å². The van der Waals surface area contributed by atoms with Gasteiger partial charge in [-0.1, -0.05) is 101 Å². The summed E-state index contributed by atoms with van der Waals surface area (Å²) in [5.74, 6) is 2.95. The standard InChI is InChI=1S/C25H39P.C20H17N3.Ru/c1-5-13-22(14-6-1)21-26(23-15-7-2-8-16-23,24-17-9-3-10-18-24)25-19-11-4-12-20-25;1-4-10-17(11-5-1)20-21-23(19-14-8-3-9-15-19)16-22(20)18-12-6-2-7-13-18;/h1,5-6,13-14,21,23-25H,2-4,7-12,15-20H2;1-15,20-21H;. The second kappa shape index (κ2) is 17.6. The van der Waals surface area contributed by atoms with Gasteiger partial charge in [0.05, 0.1) is 0 Å². The fourth-order valence-corrected chi connectivity index (χ4v) is 17.2. The predicted molar refractivity (Wildman–Crippen MR) is 214 cm³/mol. The molecule has 1 N–H and O–H groups in total. The van der Waals surface area contributed by atoms with Crippen LogP contribution in [0.25, 0.3) is 0 Å². The number of hydrazine groups is 1. The second-order valence-corrected chi connectivity index (χ2v) is 19.9. The number of hydrogen-bond acceptors (Lipinski definition) is 3. The van der Waals surface area contributed by atoms with Gasteiger partial charge in [-0.3, -0.25) is 0 Å². The molecule has 3 saturated carbocycles. The van der Waals surface area contributed by atoms with Gasteiger partial charge in [-0.25, -0.2) is 0 Å². The van der Waals surface area contributed by atoms with Crippen LogP contribution in [0.3, 0.4) is 0 Å². The number of nitrogens with zero attached hydrogens (tertiary/aromatic N) is 2. The molecule has 0 amide bonds. The molecule has 4 aromatic carbocycles. The molecule has 264 valence electrons. The summed E-state index contributed by atoms with van der Waals surface area (Å²) < 4.78 is 1.08. The zero-order valence-corrected chi connectivity index (χ0v) is 32.4. The van der Waals surface area contributed by atoms with Crippen molar-refractivity contribution < 1.29 is 17.9 Å². The van der Waals surface area contributed by atoms with Crippen molar-refractivity contribution in [3.63, 3.8) is 0 Å². The fourth-order valence-electron chi connectivity index (χ4n) is 9.49. The van der Waals surface area contributed by atoms with Crippen molar-refractivity contribution in [2.75, 3.05) is 9.91 Å². The molecule has 1 atom stereocenters. The third kappa shape index (κ3) is 8.15. The van der Waals surface area contributed by atoms with Crippen molar-refractivity contribution in [1.82, 2.24) is 5.43 Å². The summed E-state index contributed by atoms with van der Waals surface area (Å²) in [5, 5.41) is 2.13. The minimum atomic E-state index is -1.07. The Labute approximate surface area is 312 Å². The fraction of sp³-hybridized carbons (Fsp3) is 0.422. The van der Waals surface area contributed by atoms with E-state index in [4.69, 9.17) is 0 Å². The maximum absolute atomic E-state index is 3.63. The topological polar surface area (TPSA) is 18.5 Å². The minimum absolute atomic E-state index is 0.0462. The van der Waals surface area contributed by atoms with E-state index in [0.717, 1.165) is 32.7 Å². The van der Waals surface area contributed by atoms with Gasteiger partial charge in [-0.2, -0.15) is 0 Å². The molecule has 4 aliphatic rings. The number of hydrogen-bond donors (Lipinski definition) is 1. The Hall–Kier alpha value is -2.77. The van der Waals surface area contributed by atoms with Crippen molar-refractivity contribution >= 4 is 28.4 Å². The molecule has 4 aromatic rings. The van der Waals surface area contributed by atoms with Gasteiger partial charge in [0, 0.05) is 0 Å². The van der Waals surface area contributed by atoms with E-state index in [1.165, 1.54) is 63.4 Å². The Morgan fingerprint density at radius 2 is 0.900 bits per heavy atom. The normalized spacial score (nSPS) is 21.1. The zero-order valence-electron chi connectivity index (χ0n) is 29.7. The molecule has 3 nitrogen and oxygen atoms in total. The van der Waals surface area contributed by atoms with Crippen molar-refractivity contribution in [3.8, 4) is 0 Å². The molecule has 0 radical (unpaired) electrons. The van der Waals surface area contributed by atoms with E-state index < -0.39 is 6.89 Å². The summed E-state index contributed by atoms with van der Waals surface area (Å²) in [6.07, 6.45) is 22.9. The first-order valence-corrected chi connectivity index (χ1v) is 22.5. The molecule has 5 heteroatoms. The monoisotopic (exact) mass is 771 g/mol. The molecule has 1 saturated heterocycles. The van der Waals surface area contributed by atoms with Crippen LogP contribution in [0.4, 0.5) is 11.4 Å². The SMILES string of the molecule is C(c1ccccc1)=P(C1CCCCC1)(C1CCCCC1)C1CCCCC1.[Ru]=[C]1N(c2ccccc2)NC(c2ccccc2)N1c1ccccc1. The molecule has 1 aliphatic heterocycles. The third-order valence-corrected chi connectivity index (χ3v) is 18.7. The van der Waals surface area contributed by atoms with Crippen LogP contribution >= 0.6 is 6.89 Å². The van der Waals surface area contributed by atoms with E-state index in [2.05, 4.69) is 142 Å². The first-order chi connectivity index (χ1) is 24.7. The van der Waals surface area contributed by atoms with Gasteiger partial charge in [0.2, 0.25) is 0 Å². The zero-order chi connectivity index (χ0) is 34.0. The predicted octanol–water partition coefficient (Wildman–Crippen LogP) is 11.7. The van der Waals surface area contributed by atoms with E-state index >= 15 is 0 Å². The molecule has 4 fully saturated rings. The number of nitrogens with one attached hydrogen (secondary N) is 1. The number of para-hydroxylation sites is 2. The molecule has 0 aromatic heterocycles. The van der Waals surface area contributed by atoms with Gasteiger partial charge in [0.15, 0.2) is 0 Å². The first-order valence-electron chi connectivity index (χ1n) is 19.5. The van der Waals surface area contributed by atoms with Crippen LogP contribution in [0.15, 0.2) is 121 Å². The first kappa shape index (κ1) is 35.6. The number of rotatable bonds is 7. The molecule has 8 rings (SSSR count).